The van der Waals surface area contributed by atoms with E-state index in [-0.39, 0.29) is 30.5 Å². The van der Waals surface area contributed by atoms with Crippen molar-refractivity contribution in [2.75, 3.05) is 12.3 Å². The second kappa shape index (κ2) is 6.99. The molecular formula is C18H17ClN4O2. The Morgan fingerprint density at radius 2 is 2.08 bits per heavy atom. The molecule has 128 valence electrons. The molecular weight excluding hydrogens is 340 g/mol. The smallest absolute Gasteiger partial charge is 0.261 e. The van der Waals surface area contributed by atoms with E-state index in [2.05, 4.69) is 16.8 Å². The lowest BCUT2D eigenvalue weighted by atomic mass is 10.1. The number of rotatable bonds is 2. The fraction of sp³-hybridized carbons (Fsp3) is 0.278. The van der Waals surface area contributed by atoms with Crippen LogP contribution in [0, 0.1) is 11.8 Å². The standard InChI is InChI=1S/C18H17ClN4O2/c1-2-3-9-23-17(25)14-11-22(10-8-15(14)21-18(23)20)16(24)12-4-6-13(19)7-5-12/h4-7H,8-11H2,1H3,(H2,20,21). The molecule has 0 saturated carbocycles. The zero-order chi connectivity index (χ0) is 18.0. The number of amides is 1. The van der Waals surface area contributed by atoms with Crippen LogP contribution in [0.3, 0.4) is 0 Å². The van der Waals surface area contributed by atoms with Crippen LogP contribution >= 0.6 is 11.6 Å². The van der Waals surface area contributed by atoms with Crippen molar-refractivity contribution in [1.82, 2.24) is 14.5 Å². The first-order valence-electron chi connectivity index (χ1n) is 7.83. The number of hydrogen-bond donors (Lipinski definition) is 1. The van der Waals surface area contributed by atoms with Crippen LogP contribution in [0.25, 0.3) is 0 Å². The van der Waals surface area contributed by atoms with Gasteiger partial charge in [-0.3, -0.25) is 14.2 Å². The van der Waals surface area contributed by atoms with Gasteiger partial charge in [0.15, 0.2) is 0 Å². The predicted molar refractivity (Wildman–Crippen MR) is 96.3 cm³/mol. The maximum Gasteiger partial charge on any atom is 0.261 e. The van der Waals surface area contributed by atoms with Crippen molar-refractivity contribution in [2.24, 2.45) is 0 Å². The summed E-state index contributed by atoms with van der Waals surface area (Å²) in [5, 5.41) is 0.570. The summed E-state index contributed by atoms with van der Waals surface area (Å²) in [5.74, 6) is 5.57. The zero-order valence-corrected chi connectivity index (χ0v) is 14.5. The minimum Gasteiger partial charge on any atom is -0.369 e. The van der Waals surface area contributed by atoms with Crippen molar-refractivity contribution in [3.63, 3.8) is 0 Å². The molecule has 25 heavy (non-hydrogen) atoms. The number of fused-ring (bicyclic) bond motifs is 1. The van der Waals surface area contributed by atoms with E-state index < -0.39 is 0 Å². The van der Waals surface area contributed by atoms with E-state index in [0.717, 1.165) is 0 Å². The fourth-order valence-corrected chi connectivity index (χ4v) is 2.92. The van der Waals surface area contributed by atoms with Gasteiger partial charge in [-0.15, -0.1) is 5.92 Å². The molecule has 1 aliphatic rings. The van der Waals surface area contributed by atoms with Gasteiger partial charge in [0.2, 0.25) is 5.95 Å². The van der Waals surface area contributed by atoms with E-state index in [0.29, 0.717) is 34.8 Å². The lowest BCUT2D eigenvalue weighted by Gasteiger charge is -2.28. The largest absolute Gasteiger partial charge is 0.369 e. The molecule has 0 unspecified atom stereocenters. The molecule has 1 aromatic carbocycles. The Bertz CT molecular complexity index is 939. The second-order valence-corrected chi connectivity index (χ2v) is 6.13. The average molecular weight is 357 g/mol. The van der Waals surface area contributed by atoms with Crippen molar-refractivity contribution < 1.29 is 4.79 Å². The first kappa shape index (κ1) is 17.1. The molecule has 3 rings (SSSR count). The van der Waals surface area contributed by atoms with Crippen molar-refractivity contribution in [3.05, 3.63) is 56.5 Å². The Morgan fingerprint density at radius 1 is 1.36 bits per heavy atom. The van der Waals surface area contributed by atoms with Crippen molar-refractivity contribution >= 4 is 23.5 Å². The molecule has 7 heteroatoms. The van der Waals surface area contributed by atoms with E-state index in [4.69, 9.17) is 17.3 Å². The monoisotopic (exact) mass is 356 g/mol. The molecule has 2 N–H and O–H groups in total. The van der Waals surface area contributed by atoms with Crippen LogP contribution in [-0.4, -0.2) is 26.9 Å². The lowest BCUT2D eigenvalue weighted by molar-refractivity contribution is 0.0732. The van der Waals surface area contributed by atoms with Crippen LogP contribution in [0.4, 0.5) is 5.95 Å². The Labute approximate surface area is 150 Å². The Morgan fingerprint density at radius 3 is 2.76 bits per heavy atom. The number of carbonyl (C=O) groups is 1. The van der Waals surface area contributed by atoms with Gasteiger partial charge < -0.3 is 10.6 Å². The average Bonchev–Trinajstić information content (AvgIpc) is 2.61. The molecule has 0 radical (unpaired) electrons. The molecule has 0 spiro atoms. The molecule has 2 heterocycles. The van der Waals surface area contributed by atoms with Crippen LogP contribution in [-0.2, 0) is 19.5 Å². The maximum absolute atomic E-state index is 12.7. The Hall–Kier alpha value is -2.78. The molecule has 0 saturated heterocycles. The van der Waals surface area contributed by atoms with Crippen LogP contribution in [0.15, 0.2) is 29.1 Å². The van der Waals surface area contributed by atoms with E-state index in [1.807, 2.05) is 0 Å². The molecule has 1 aromatic heterocycles. The summed E-state index contributed by atoms with van der Waals surface area (Å²) < 4.78 is 1.34. The number of nitrogens with zero attached hydrogens (tertiary/aromatic N) is 3. The summed E-state index contributed by atoms with van der Waals surface area (Å²) in [6.07, 6.45) is 0.494. The number of hydrogen-bond acceptors (Lipinski definition) is 4. The number of benzene rings is 1. The van der Waals surface area contributed by atoms with Gasteiger partial charge in [-0.25, -0.2) is 4.98 Å². The molecule has 6 nitrogen and oxygen atoms in total. The minimum atomic E-state index is -0.237. The van der Waals surface area contributed by atoms with Gasteiger partial charge in [0.25, 0.3) is 11.5 Å². The third-order valence-corrected chi connectivity index (χ3v) is 4.39. The number of nitrogens with two attached hydrogens (primary N) is 1. The number of carbonyl (C=O) groups excluding carboxylic acids is 1. The minimum absolute atomic E-state index is 0.140. The molecule has 0 bridgehead atoms. The van der Waals surface area contributed by atoms with E-state index >= 15 is 0 Å². The van der Waals surface area contributed by atoms with Crippen LogP contribution in [0.5, 0.6) is 0 Å². The first-order valence-corrected chi connectivity index (χ1v) is 8.21. The van der Waals surface area contributed by atoms with Gasteiger partial charge in [-0.2, -0.15) is 0 Å². The van der Waals surface area contributed by atoms with Gasteiger partial charge in [0.1, 0.15) is 0 Å². The van der Waals surface area contributed by atoms with Gasteiger partial charge in [0, 0.05) is 23.6 Å². The van der Waals surface area contributed by atoms with Crippen molar-refractivity contribution in [1.29, 1.82) is 0 Å². The number of halogens is 1. The van der Waals surface area contributed by atoms with E-state index in [1.54, 1.807) is 36.1 Å². The number of nitrogen functional groups attached to an aromatic ring is 1. The molecule has 0 fully saturated rings. The van der Waals surface area contributed by atoms with Crippen molar-refractivity contribution in [2.45, 2.75) is 26.4 Å². The van der Waals surface area contributed by atoms with Crippen molar-refractivity contribution in [3.8, 4) is 11.8 Å². The summed E-state index contributed by atoms with van der Waals surface area (Å²) in [5.41, 5.74) is 7.33. The highest BCUT2D eigenvalue weighted by molar-refractivity contribution is 6.30. The fourth-order valence-electron chi connectivity index (χ4n) is 2.79. The zero-order valence-electron chi connectivity index (χ0n) is 13.8. The highest BCUT2D eigenvalue weighted by Crippen LogP contribution is 2.18. The van der Waals surface area contributed by atoms with Crippen LogP contribution < -0.4 is 11.3 Å². The highest BCUT2D eigenvalue weighted by atomic mass is 35.5. The summed E-state index contributed by atoms with van der Waals surface area (Å²) >= 11 is 5.86. The number of aromatic nitrogens is 2. The molecule has 2 aromatic rings. The summed E-state index contributed by atoms with van der Waals surface area (Å²) in [7, 11) is 0. The number of anilines is 1. The third kappa shape index (κ3) is 3.37. The molecule has 0 aliphatic carbocycles. The Kier molecular flexibility index (Phi) is 4.77. The molecule has 0 atom stereocenters. The van der Waals surface area contributed by atoms with Crippen LogP contribution in [0.2, 0.25) is 5.02 Å². The first-order chi connectivity index (χ1) is 12.0. The predicted octanol–water partition coefficient (Wildman–Crippen LogP) is 1.70. The quantitative estimate of drug-likeness (QED) is 0.830. The molecule has 1 amide bonds. The van der Waals surface area contributed by atoms with E-state index in [1.165, 1.54) is 4.57 Å². The summed E-state index contributed by atoms with van der Waals surface area (Å²) in [6.45, 7) is 2.58. The van der Waals surface area contributed by atoms with Crippen LogP contribution in [0.1, 0.15) is 28.5 Å². The van der Waals surface area contributed by atoms with E-state index in [9.17, 15) is 9.59 Å². The topological polar surface area (TPSA) is 81.2 Å². The normalized spacial score (nSPS) is 13.0. The van der Waals surface area contributed by atoms with Gasteiger partial charge in [-0.05, 0) is 31.2 Å². The lowest BCUT2D eigenvalue weighted by Crippen LogP contribution is -2.41. The third-order valence-electron chi connectivity index (χ3n) is 4.14. The summed E-state index contributed by atoms with van der Waals surface area (Å²) in [6, 6.07) is 6.70. The van der Waals surface area contributed by atoms with Gasteiger partial charge in [0.05, 0.1) is 24.3 Å². The molecule has 1 aliphatic heterocycles. The highest BCUT2D eigenvalue weighted by Gasteiger charge is 2.26. The Balaban J connectivity index is 1.91. The second-order valence-electron chi connectivity index (χ2n) is 5.70. The maximum atomic E-state index is 12.7. The SMILES string of the molecule is CC#CCn1c(N)nc2c(c1=O)CN(C(=O)c1ccc(Cl)cc1)CC2. The van der Waals surface area contributed by atoms with Gasteiger partial charge in [-0.1, -0.05) is 17.5 Å². The summed E-state index contributed by atoms with van der Waals surface area (Å²) in [4.78, 5) is 31.3. The van der Waals surface area contributed by atoms with Gasteiger partial charge >= 0.3 is 0 Å².